The fourth-order valence-electron chi connectivity index (χ4n) is 4.93. The Hall–Kier alpha value is -2.47. The van der Waals surface area contributed by atoms with Crippen LogP contribution in [-0.4, -0.2) is 21.9 Å². The molecule has 6 heteroatoms. The summed E-state index contributed by atoms with van der Waals surface area (Å²) in [7, 11) is 0. The van der Waals surface area contributed by atoms with E-state index in [1.165, 1.54) is 16.0 Å². The molecule has 1 aromatic carbocycles. The van der Waals surface area contributed by atoms with Gasteiger partial charge in [0.1, 0.15) is 10.7 Å². The van der Waals surface area contributed by atoms with Crippen molar-refractivity contribution in [1.29, 1.82) is 0 Å². The number of aromatic amines is 1. The summed E-state index contributed by atoms with van der Waals surface area (Å²) in [5.74, 6) is 1.37. The number of rotatable bonds is 3. The summed E-state index contributed by atoms with van der Waals surface area (Å²) in [6.45, 7) is 4.37. The molecule has 30 heavy (non-hydrogen) atoms. The Morgan fingerprint density at radius 1 is 1.23 bits per heavy atom. The number of hydrogen-bond acceptors (Lipinski definition) is 4. The maximum atomic E-state index is 13.1. The van der Waals surface area contributed by atoms with Gasteiger partial charge in [0, 0.05) is 29.4 Å². The molecular weight excluding hydrogens is 394 g/mol. The van der Waals surface area contributed by atoms with Gasteiger partial charge in [0.2, 0.25) is 5.91 Å². The van der Waals surface area contributed by atoms with Crippen LogP contribution in [0.1, 0.15) is 54.9 Å². The third kappa shape index (κ3) is 3.37. The topological polar surface area (TPSA) is 66.1 Å². The molecule has 0 radical (unpaired) electrons. The number of carbonyl (C=O) groups excluding carboxylic acids is 1. The van der Waals surface area contributed by atoms with E-state index in [0.717, 1.165) is 48.0 Å². The smallest absolute Gasteiger partial charge is 0.259 e. The molecule has 1 aliphatic carbocycles. The van der Waals surface area contributed by atoms with Crippen LogP contribution in [-0.2, 0) is 30.5 Å². The van der Waals surface area contributed by atoms with E-state index in [9.17, 15) is 9.59 Å². The second-order valence-corrected chi connectivity index (χ2v) is 9.91. The minimum Gasteiger partial charge on any atom is -0.310 e. The van der Waals surface area contributed by atoms with Crippen molar-refractivity contribution in [3.8, 4) is 0 Å². The number of aryl methyl sites for hydroxylation is 3. The normalized spacial score (nSPS) is 20.8. The molecule has 5 rings (SSSR count). The van der Waals surface area contributed by atoms with Crippen LogP contribution in [0, 0.1) is 5.92 Å². The van der Waals surface area contributed by atoms with E-state index in [4.69, 9.17) is 4.98 Å². The highest BCUT2D eigenvalue weighted by atomic mass is 32.1. The number of amides is 1. The highest BCUT2D eigenvalue weighted by Crippen LogP contribution is 2.36. The zero-order valence-electron chi connectivity index (χ0n) is 17.5. The monoisotopic (exact) mass is 421 g/mol. The SMILES string of the molecule is C[C@H]1CCc2c(sc3nc(CCC(=O)N4c5ccccc5CC[C@H]4C)[nH]c(=O)c23)C1. The summed E-state index contributed by atoms with van der Waals surface area (Å²) in [5, 5.41) is 0.774. The van der Waals surface area contributed by atoms with Crippen molar-refractivity contribution in [2.75, 3.05) is 4.90 Å². The molecule has 0 bridgehead atoms. The molecule has 1 N–H and O–H groups in total. The Bertz CT molecular complexity index is 1180. The van der Waals surface area contributed by atoms with Crippen LogP contribution in [0.2, 0.25) is 0 Å². The average Bonchev–Trinajstić information content (AvgIpc) is 3.09. The quantitative estimate of drug-likeness (QED) is 0.681. The lowest BCUT2D eigenvalue weighted by atomic mass is 9.89. The number of thiophene rings is 1. The number of nitrogens with zero attached hydrogens (tertiary/aromatic N) is 2. The van der Waals surface area contributed by atoms with Gasteiger partial charge in [-0.25, -0.2) is 4.98 Å². The van der Waals surface area contributed by atoms with Crippen molar-refractivity contribution in [1.82, 2.24) is 9.97 Å². The molecule has 3 aromatic rings. The maximum Gasteiger partial charge on any atom is 0.259 e. The summed E-state index contributed by atoms with van der Waals surface area (Å²) < 4.78 is 0. The number of fused-ring (bicyclic) bond motifs is 4. The third-order valence-electron chi connectivity index (χ3n) is 6.58. The van der Waals surface area contributed by atoms with Crippen molar-refractivity contribution in [3.63, 3.8) is 0 Å². The van der Waals surface area contributed by atoms with E-state index in [2.05, 4.69) is 24.9 Å². The number of anilines is 1. The van der Waals surface area contributed by atoms with Gasteiger partial charge in [-0.3, -0.25) is 9.59 Å². The van der Waals surface area contributed by atoms with Gasteiger partial charge in [-0.1, -0.05) is 25.1 Å². The molecule has 1 aliphatic heterocycles. The van der Waals surface area contributed by atoms with Gasteiger partial charge in [0.15, 0.2) is 0 Å². The fraction of sp³-hybridized carbons (Fsp3) is 0.458. The van der Waals surface area contributed by atoms with Crippen molar-refractivity contribution >= 4 is 33.1 Å². The average molecular weight is 422 g/mol. The lowest BCUT2D eigenvalue weighted by Crippen LogP contribution is -2.42. The van der Waals surface area contributed by atoms with Crippen molar-refractivity contribution in [2.45, 2.75) is 64.8 Å². The summed E-state index contributed by atoms with van der Waals surface area (Å²) in [6, 6.07) is 8.35. The van der Waals surface area contributed by atoms with Crippen molar-refractivity contribution in [3.05, 3.63) is 56.4 Å². The lowest BCUT2D eigenvalue weighted by molar-refractivity contribution is -0.119. The summed E-state index contributed by atoms with van der Waals surface area (Å²) in [5.41, 5.74) is 3.41. The van der Waals surface area contributed by atoms with Crippen molar-refractivity contribution < 1.29 is 4.79 Å². The molecular formula is C24H27N3O2S. The number of benzene rings is 1. The van der Waals surface area contributed by atoms with E-state index in [0.29, 0.717) is 24.6 Å². The molecule has 2 atom stereocenters. The van der Waals surface area contributed by atoms with Crippen LogP contribution in [0.25, 0.3) is 10.2 Å². The molecule has 5 nitrogen and oxygen atoms in total. The number of nitrogens with one attached hydrogen (secondary N) is 1. The molecule has 2 aromatic heterocycles. The first-order chi connectivity index (χ1) is 14.5. The van der Waals surface area contributed by atoms with E-state index < -0.39 is 0 Å². The van der Waals surface area contributed by atoms with Crippen LogP contribution in [0.15, 0.2) is 29.1 Å². The Morgan fingerprint density at radius 3 is 2.93 bits per heavy atom. The van der Waals surface area contributed by atoms with E-state index in [1.807, 2.05) is 23.1 Å². The maximum absolute atomic E-state index is 13.1. The molecule has 0 saturated carbocycles. The van der Waals surface area contributed by atoms with Gasteiger partial charge in [-0.2, -0.15) is 0 Å². The second kappa shape index (κ2) is 7.65. The summed E-state index contributed by atoms with van der Waals surface area (Å²) in [6.07, 6.45) is 5.91. The second-order valence-electron chi connectivity index (χ2n) is 8.82. The van der Waals surface area contributed by atoms with Gasteiger partial charge < -0.3 is 9.88 Å². The summed E-state index contributed by atoms with van der Waals surface area (Å²) >= 11 is 1.66. The molecule has 1 amide bonds. The first kappa shape index (κ1) is 19.5. The first-order valence-electron chi connectivity index (χ1n) is 10.9. The fourth-order valence-corrected chi connectivity index (χ4v) is 6.33. The third-order valence-corrected chi connectivity index (χ3v) is 7.73. The van der Waals surface area contributed by atoms with E-state index in [-0.39, 0.29) is 17.5 Å². The van der Waals surface area contributed by atoms with Crippen LogP contribution in [0.4, 0.5) is 5.69 Å². The molecule has 0 saturated heterocycles. The molecule has 0 fully saturated rings. The zero-order chi connectivity index (χ0) is 20.8. The van der Waals surface area contributed by atoms with E-state index >= 15 is 0 Å². The predicted molar refractivity (Wildman–Crippen MR) is 121 cm³/mol. The van der Waals surface area contributed by atoms with Gasteiger partial charge in [0.25, 0.3) is 5.56 Å². The van der Waals surface area contributed by atoms with Gasteiger partial charge in [-0.15, -0.1) is 11.3 Å². The Labute approximate surface area is 180 Å². The predicted octanol–water partition coefficient (Wildman–Crippen LogP) is 4.41. The highest BCUT2D eigenvalue weighted by molar-refractivity contribution is 7.18. The van der Waals surface area contributed by atoms with Gasteiger partial charge in [-0.05, 0) is 62.1 Å². The van der Waals surface area contributed by atoms with Gasteiger partial charge >= 0.3 is 0 Å². The number of aromatic nitrogens is 2. The molecule has 156 valence electrons. The molecule has 3 heterocycles. The molecule has 0 spiro atoms. The van der Waals surface area contributed by atoms with Crippen LogP contribution in [0.5, 0.6) is 0 Å². The Balaban J connectivity index is 1.38. The van der Waals surface area contributed by atoms with Crippen LogP contribution < -0.4 is 10.5 Å². The minimum atomic E-state index is -0.0498. The number of carbonyl (C=O) groups is 1. The lowest BCUT2D eigenvalue weighted by Gasteiger charge is -2.35. The van der Waals surface area contributed by atoms with Crippen LogP contribution >= 0.6 is 11.3 Å². The standard InChI is InChI=1S/C24H27N3O2S/c1-14-7-10-17-19(13-14)30-24-22(17)23(29)25-20(26-24)11-12-21(28)27-15(2)8-9-16-5-3-4-6-18(16)27/h3-6,14-15H,7-13H2,1-2H3,(H,25,26,29)/t14-,15+/m0/s1. The number of para-hydroxylation sites is 1. The number of H-pyrrole nitrogens is 1. The van der Waals surface area contributed by atoms with Crippen LogP contribution in [0.3, 0.4) is 0 Å². The van der Waals surface area contributed by atoms with Gasteiger partial charge in [0.05, 0.1) is 5.39 Å². The largest absolute Gasteiger partial charge is 0.310 e. The summed E-state index contributed by atoms with van der Waals surface area (Å²) in [4.78, 5) is 37.7. The first-order valence-corrected chi connectivity index (χ1v) is 11.8. The highest BCUT2D eigenvalue weighted by Gasteiger charge is 2.28. The zero-order valence-corrected chi connectivity index (χ0v) is 18.3. The number of hydrogen-bond donors (Lipinski definition) is 1. The van der Waals surface area contributed by atoms with E-state index in [1.54, 1.807) is 11.3 Å². The molecule has 2 aliphatic rings. The minimum absolute atomic E-state index is 0.0498. The Kier molecular flexibility index (Phi) is 4.97. The van der Waals surface area contributed by atoms with Crippen molar-refractivity contribution in [2.24, 2.45) is 5.92 Å². The Morgan fingerprint density at radius 2 is 2.07 bits per heavy atom. The molecule has 0 unspecified atom stereocenters.